The molecule has 1 aromatic heterocycles. The molecule has 122 valence electrons. The number of aromatic nitrogens is 1. The number of benzene rings is 1. The van der Waals surface area contributed by atoms with E-state index in [0.29, 0.717) is 11.1 Å². The Kier molecular flexibility index (Phi) is 3.76. The number of nitrogens with zero attached hydrogens (tertiary/aromatic N) is 2. The quantitative estimate of drug-likeness (QED) is 0.834. The van der Waals surface area contributed by atoms with Gasteiger partial charge in [-0.15, -0.1) is 0 Å². The molecule has 0 spiro atoms. The highest BCUT2D eigenvalue weighted by atomic mass is 16.4. The van der Waals surface area contributed by atoms with Crippen molar-refractivity contribution in [2.24, 2.45) is 0 Å². The maximum absolute atomic E-state index is 12.7. The van der Waals surface area contributed by atoms with Crippen LogP contribution in [-0.4, -0.2) is 32.9 Å². The highest BCUT2D eigenvalue weighted by Crippen LogP contribution is 2.29. The van der Waals surface area contributed by atoms with Gasteiger partial charge >= 0.3 is 12.0 Å². The first-order valence-corrected chi connectivity index (χ1v) is 7.28. The number of pyridine rings is 1. The Morgan fingerprint density at radius 3 is 2.54 bits per heavy atom. The third kappa shape index (κ3) is 2.60. The number of hydrogen-bond acceptors (Lipinski definition) is 4. The zero-order valence-corrected chi connectivity index (χ0v) is 12.9. The molecule has 0 bridgehead atoms. The first-order chi connectivity index (χ1) is 11.4. The molecular formula is C17H15N3O4. The van der Waals surface area contributed by atoms with Crippen molar-refractivity contribution in [1.82, 2.24) is 15.2 Å². The molecule has 0 saturated carbocycles. The SMILES string of the molecule is CC1(c2cccnc2)NC(=O)N(Cc2ccc(C(=O)O)cc2)C1=O. The second-order valence-corrected chi connectivity index (χ2v) is 5.69. The average Bonchev–Trinajstić information content (AvgIpc) is 2.80. The van der Waals surface area contributed by atoms with E-state index in [0.717, 1.165) is 4.90 Å². The fourth-order valence-electron chi connectivity index (χ4n) is 2.63. The maximum atomic E-state index is 12.7. The van der Waals surface area contributed by atoms with Gasteiger partial charge in [-0.1, -0.05) is 18.2 Å². The Bertz CT molecular complexity index is 804. The van der Waals surface area contributed by atoms with Crippen molar-refractivity contribution < 1.29 is 19.5 Å². The van der Waals surface area contributed by atoms with Gasteiger partial charge in [0.05, 0.1) is 12.1 Å². The molecule has 2 N–H and O–H groups in total. The van der Waals surface area contributed by atoms with E-state index in [4.69, 9.17) is 5.11 Å². The lowest BCUT2D eigenvalue weighted by Crippen LogP contribution is -2.40. The van der Waals surface area contributed by atoms with Gasteiger partial charge in [-0.2, -0.15) is 0 Å². The van der Waals surface area contributed by atoms with Crippen LogP contribution in [0.4, 0.5) is 4.79 Å². The molecule has 1 atom stereocenters. The number of carboxylic acid groups (broad SMARTS) is 1. The minimum Gasteiger partial charge on any atom is -0.478 e. The van der Waals surface area contributed by atoms with Gasteiger partial charge in [0.2, 0.25) is 0 Å². The van der Waals surface area contributed by atoms with Crippen LogP contribution >= 0.6 is 0 Å². The largest absolute Gasteiger partial charge is 0.478 e. The van der Waals surface area contributed by atoms with Crippen molar-refractivity contribution in [1.29, 1.82) is 0 Å². The minimum absolute atomic E-state index is 0.0699. The predicted molar refractivity (Wildman–Crippen MR) is 84.1 cm³/mol. The zero-order valence-electron chi connectivity index (χ0n) is 12.9. The Hall–Kier alpha value is -3.22. The van der Waals surface area contributed by atoms with Gasteiger partial charge in [-0.25, -0.2) is 9.59 Å². The Balaban J connectivity index is 1.83. The molecule has 1 unspecified atom stereocenters. The summed E-state index contributed by atoms with van der Waals surface area (Å²) in [7, 11) is 0. The summed E-state index contributed by atoms with van der Waals surface area (Å²) in [4.78, 5) is 40.9. The van der Waals surface area contributed by atoms with Crippen LogP contribution in [0.3, 0.4) is 0 Å². The molecule has 1 aromatic carbocycles. The van der Waals surface area contributed by atoms with Crippen molar-refractivity contribution in [3.05, 3.63) is 65.5 Å². The van der Waals surface area contributed by atoms with Crippen LogP contribution in [0.15, 0.2) is 48.8 Å². The van der Waals surface area contributed by atoms with Crippen LogP contribution in [0.5, 0.6) is 0 Å². The van der Waals surface area contributed by atoms with Crippen molar-refractivity contribution in [2.45, 2.75) is 19.0 Å². The van der Waals surface area contributed by atoms with Gasteiger partial charge in [0.1, 0.15) is 5.54 Å². The lowest BCUT2D eigenvalue weighted by Gasteiger charge is -2.21. The zero-order chi connectivity index (χ0) is 17.3. The minimum atomic E-state index is -1.16. The molecule has 1 aliphatic rings. The number of carboxylic acids is 1. The van der Waals surface area contributed by atoms with Gasteiger partial charge in [0.25, 0.3) is 5.91 Å². The van der Waals surface area contributed by atoms with Crippen molar-refractivity contribution in [3.8, 4) is 0 Å². The molecular weight excluding hydrogens is 310 g/mol. The summed E-state index contributed by atoms with van der Waals surface area (Å²) in [5.41, 5.74) is 0.258. The van der Waals surface area contributed by atoms with Crippen LogP contribution in [0.25, 0.3) is 0 Å². The second kappa shape index (κ2) is 5.77. The van der Waals surface area contributed by atoms with Gasteiger partial charge in [0, 0.05) is 18.0 Å². The predicted octanol–water partition coefficient (Wildman–Crippen LogP) is 1.75. The fourth-order valence-corrected chi connectivity index (χ4v) is 2.63. The molecule has 2 aromatic rings. The number of nitrogens with one attached hydrogen (secondary N) is 1. The van der Waals surface area contributed by atoms with Gasteiger partial charge in [-0.3, -0.25) is 14.7 Å². The third-order valence-corrected chi connectivity index (χ3v) is 4.06. The highest BCUT2D eigenvalue weighted by Gasteiger charge is 2.49. The fraction of sp³-hybridized carbons (Fsp3) is 0.176. The molecule has 1 aliphatic heterocycles. The topological polar surface area (TPSA) is 99.6 Å². The van der Waals surface area contributed by atoms with Gasteiger partial charge < -0.3 is 10.4 Å². The molecule has 3 rings (SSSR count). The summed E-state index contributed by atoms with van der Waals surface area (Å²) in [6.07, 6.45) is 3.14. The number of rotatable bonds is 4. The van der Waals surface area contributed by atoms with Crippen LogP contribution in [0.1, 0.15) is 28.4 Å². The highest BCUT2D eigenvalue weighted by molar-refractivity contribution is 6.07. The van der Waals surface area contributed by atoms with E-state index in [1.807, 2.05) is 0 Å². The Labute approximate surface area is 137 Å². The number of amides is 3. The van der Waals surface area contributed by atoms with E-state index in [-0.39, 0.29) is 18.0 Å². The van der Waals surface area contributed by atoms with E-state index in [1.54, 1.807) is 43.6 Å². The summed E-state index contributed by atoms with van der Waals surface area (Å²) in [6.45, 7) is 1.71. The number of aromatic carboxylic acids is 1. The molecule has 7 heteroatoms. The van der Waals surface area contributed by atoms with Crippen molar-refractivity contribution >= 4 is 17.9 Å². The van der Waals surface area contributed by atoms with Gasteiger partial charge in [0.15, 0.2) is 0 Å². The van der Waals surface area contributed by atoms with Crippen LogP contribution in [0, 0.1) is 0 Å². The number of hydrogen-bond donors (Lipinski definition) is 2. The summed E-state index contributed by atoms with van der Waals surface area (Å²) < 4.78 is 0. The van der Waals surface area contributed by atoms with E-state index in [2.05, 4.69) is 10.3 Å². The monoisotopic (exact) mass is 325 g/mol. The number of imide groups is 1. The van der Waals surface area contributed by atoms with Gasteiger partial charge in [-0.05, 0) is 30.7 Å². The second-order valence-electron chi connectivity index (χ2n) is 5.69. The molecule has 3 amide bonds. The van der Waals surface area contributed by atoms with E-state index >= 15 is 0 Å². The summed E-state index contributed by atoms with van der Waals surface area (Å²) in [6, 6.07) is 9.00. The Morgan fingerprint density at radius 1 is 1.25 bits per heavy atom. The normalized spacial score (nSPS) is 20.1. The number of urea groups is 1. The molecule has 7 nitrogen and oxygen atoms in total. The third-order valence-electron chi connectivity index (χ3n) is 4.06. The summed E-state index contributed by atoms with van der Waals surface area (Å²) >= 11 is 0. The van der Waals surface area contributed by atoms with Crippen molar-refractivity contribution in [2.75, 3.05) is 0 Å². The van der Waals surface area contributed by atoms with Crippen LogP contribution < -0.4 is 5.32 Å². The van der Waals surface area contributed by atoms with E-state index < -0.39 is 17.5 Å². The summed E-state index contributed by atoms with van der Waals surface area (Å²) in [5.74, 6) is -1.40. The Morgan fingerprint density at radius 2 is 1.96 bits per heavy atom. The molecule has 24 heavy (non-hydrogen) atoms. The first kappa shape index (κ1) is 15.7. The van der Waals surface area contributed by atoms with E-state index in [9.17, 15) is 14.4 Å². The number of carbonyl (C=O) groups is 3. The molecule has 2 heterocycles. The smallest absolute Gasteiger partial charge is 0.335 e. The van der Waals surface area contributed by atoms with Crippen molar-refractivity contribution in [3.63, 3.8) is 0 Å². The number of carbonyl (C=O) groups excluding carboxylic acids is 2. The van der Waals surface area contributed by atoms with Crippen LogP contribution in [-0.2, 0) is 16.9 Å². The average molecular weight is 325 g/mol. The van der Waals surface area contributed by atoms with E-state index in [1.165, 1.54) is 12.1 Å². The molecule has 1 fully saturated rings. The standard InChI is InChI=1S/C17H15N3O4/c1-17(13-3-2-8-18-9-13)15(23)20(16(24)19-17)10-11-4-6-12(7-5-11)14(21)22/h2-9H,10H2,1H3,(H,19,24)(H,21,22). The lowest BCUT2D eigenvalue weighted by atomic mass is 9.93. The molecule has 0 radical (unpaired) electrons. The van der Waals surface area contributed by atoms with Crippen LogP contribution in [0.2, 0.25) is 0 Å². The maximum Gasteiger partial charge on any atom is 0.335 e. The summed E-state index contributed by atoms with van der Waals surface area (Å²) in [5, 5.41) is 11.6. The molecule has 0 aliphatic carbocycles. The molecule has 1 saturated heterocycles. The lowest BCUT2D eigenvalue weighted by molar-refractivity contribution is -0.131. The first-order valence-electron chi connectivity index (χ1n) is 7.28.